The molecule has 0 saturated heterocycles. The Kier molecular flexibility index (Phi) is 6.51. The molecule has 3 N–H and O–H groups in total. The van der Waals surface area contributed by atoms with Gasteiger partial charge in [0.25, 0.3) is 0 Å². The van der Waals surface area contributed by atoms with Crippen molar-refractivity contribution >= 4 is 0 Å². The SMILES string of the molecule is CCCCC(CN)C(O)OC. The van der Waals surface area contributed by atoms with Crippen LogP contribution in [-0.4, -0.2) is 25.1 Å². The van der Waals surface area contributed by atoms with Gasteiger partial charge in [-0.05, 0) is 13.0 Å². The molecule has 0 aromatic carbocycles. The topological polar surface area (TPSA) is 55.5 Å². The van der Waals surface area contributed by atoms with Gasteiger partial charge in [-0.1, -0.05) is 19.8 Å². The third kappa shape index (κ3) is 4.35. The number of hydrogen-bond acceptors (Lipinski definition) is 3. The average molecular weight is 161 g/mol. The fraction of sp³-hybridized carbons (Fsp3) is 1.00. The van der Waals surface area contributed by atoms with Crippen LogP contribution in [0.1, 0.15) is 26.2 Å². The third-order valence-corrected chi connectivity index (χ3v) is 1.88. The summed E-state index contributed by atoms with van der Waals surface area (Å²) in [6.07, 6.45) is 2.49. The first-order valence-corrected chi connectivity index (χ1v) is 4.17. The van der Waals surface area contributed by atoms with Crippen LogP contribution in [0.25, 0.3) is 0 Å². The van der Waals surface area contributed by atoms with Crippen molar-refractivity contribution in [3.05, 3.63) is 0 Å². The monoisotopic (exact) mass is 161 g/mol. The number of unbranched alkanes of at least 4 members (excludes halogenated alkanes) is 1. The molecule has 0 amide bonds. The first kappa shape index (κ1) is 10.9. The van der Waals surface area contributed by atoms with Crippen LogP contribution < -0.4 is 5.73 Å². The smallest absolute Gasteiger partial charge is 0.158 e. The Bertz CT molecular complexity index is 88.2. The van der Waals surface area contributed by atoms with Gasteiger partial charge in [0.2, 0.25) is 0 Å². The summed E-state index contributed by atoms with van der Waals surface area (Å²) in [7, 11) is 1.50. The highest BCUT2D eigenvalue weighted by Gasteiger charge is 2.15. The summed E-state index contributed by atoms with van der Waals surface area (Å²) in [5.41, 5.74) is 5.45. The van der Waals surface area contributed by atoms with E-state index in [0.717, 1.165) is 19.3 Å². The van der Waals surface area contributed by atoms with Crippen LogP contribution in [0.4, 0.5) is 0 Å². The number of rotatable bonds is 6. The van der Waals surface area contributed by atoms with E-state index in [2.05, 4.69) is 6.92 Å². The highest BCUT2D eigenvalue weighted by atomic mass is 16.6. The molecule has 2 atom stereocenters. The Morgan fingerprint density at radius 2 is 2.18 bits per heavy atom. The molecule has 3 nitrogen and oxygen atoms in total. The third-order valence-electron chi connectivity index (χ3n) is 1.88. The van der Waals surface area contributed by atoms with Crippen LogP contribution in [0.2, 0.25) is 0 Å². The molecule has 0 aliphatic heterocycles. The molecule has 0 radical (unpaired) electrons. The standard InChI is InChI=1S/C8H19NO2/c1-3-4-5-7(6-9)8(10)11-2/h7-8,10H,3-6,9H2,1-2H3. The molecule has 0 aliphatic rings. The van der Waals surface area contributed by atoms with Gasteiger partial charge in [-0.3, -0.25) is 0 Å². The molecule has 11 heavy (non-hydrogen) atoms. The van der Waals surface area contributed by atoms with Gasteiger partial charge >= 0.3 is 0 Å². The minimum absolute atomic E-state index is 0.0972. The van der Waals surface area contributed by atoms with E-state index in [0.29, 0.717) is 6.54 Å². The first-order valence-electron chi connectivity index (χ1n) is 4.17. The molecule has 3 heteroatoms. The van der Waals surface area contributed by atoms with E-state index in [1.807, 2.05) is 0 Å². The number of aliphatic hydroxyl groups is 1. The molecular weight excluding hydrogens is 142 g/mol. The van der Waals surface area contributed by atoms with Gasteiger partial charge < -0.3 is 15.6 Å². The van der Waals surface area contributed by atoms with E-state index < -0.39 is 6.29 Å². The Morgan fingerprint density at radius 1 is 1.55 bits per heavy atom. The normalized spacial score (nSPS) is 16.4. The number of nitrogens with two attached hydrogens (primary N) is 1. The summed E-state index contributed by atoms with van der Waals surface area (Å²) in [5.74, 6) is 0.0972. The van der Waals surface area contributed by atoms with Crippen molar-refractivity contribution in [3.8, 4) is 0 Å². The van der Waals surface area contributed by atoms with Crippen molar-refractivity contribution in [3.63, 3.8) is 0 Å². The molecule has 68 valence electrons. The van der Waals surface area contributed by atoms with Crippen LogP contribution in [0, 0.1) is 5.92 Å². The van der Waals surface area contributed by atoms with Gasteiger partial charge in [0.15, 0.2) is 6.29 Å². The second-order valence-electron chi connectivity index (χ2n) is 2.76. The molecule has 0 aliphatic carbocycles. The molecule has 0 bridgehead atoms. The molecule has 0 spiro atoms. The van der Waals surface area contributed by atoms with Gasteiger partial charge in [-0.2, -0.15) is 0 Å². The van der Waals surface area contributed by atoms with Crippen molar-refractivity contribution in [2.75, 3.05) is 13.7 Å². The summed E-state index contributed by atoms with van der Waals surface area (Å²) in [6, 6.07) is 0. The molecule has 0 fully saturated rings. The van der Waals surface area contributed by atoms with Crippen molar-refractivity contribution in [1.29, 1.82) is 0 Å². The zero-order chi connectivity index (χ0) is 8.69. The summed E-state index contributed by atoms with van der Waals surface area (Å²) < 4.78 is 4.78. The van der Waals surface area contributed by atoms with Gasteiger partial charge in [-0.25, -0.2) is 0 Å². The van der Waals surface area contributed by atoms with E-state index in [9.17, 15) is 5.11 Å². The molecule has 0 rings (SSSR count). The molecule has 0 aromatic rings. The minimum atomic E-state index is -0.688. The zero-order valence-corrected chi connectivity index (χ0v) is 7.42. The van der Waals surface area contributed by atoms with Crippen LogP contribution in [-0.2, 0) is 4.74 Å². The van der Waals surface area contributed by atoms with E-state index in [-0.39, 0.29) is 5.92 Å². The maximum absolute atomic E-state index is 9.24. The first-order chi connectivity index (χ1) is 5.26. The lowest BCUT2D eigenvalue weighted by Crippen LogP contribution is -2.29. The van der Waals surface area contributed by atoms with E-state index in [4.69, 9.17) is 10.5 Å². The maximum atomic E-state index is 9.24. The molecule has 0 saturated carbocycles. The number of ether oxygens (including phenoxy) is 1. The summed E-state index contributed by atoms with van der Waals surface area (Å²) in [5, 5.41) is 9.24. The fourth-order valence-electron chi connectivity index (χ4n) is 1.04. The van der Waals surface area contributed by atoms with Crippen molar-refractivity contribution in [1.82, 2.24) is 0 Å². The van der Waals surface area contributed by atoms with Crippen molar-refractivity contribution in [2.24, 2.45) is 11.7 Å². The lowest BCUT2D eigenvalue weighted by atomic mass is 10.0. The van der Waals surface area contributed by atoms with Crippen molar-refractivity contribution < 1.29 is 9.84 Å². The second kappa shape index (κ2) is 6.58. The van der Waals surface area contributed by atoms with Crippen molar-refractivity contribution in [2.45, 2.75) is 32.5 Å². The molecule has 0 aromatic heterocycles. The van der Waals surface area contributed by atoms with E-state index in [1.165, 1.54) is 7.11 Å². The Balaban J connectivity index is 3.56. The quantitative estimate of drug-likeness (QED) is 0.564. The van der Waals surface area contributed by atoms with Crippen LogP contribution >= 0.6 is 0 Å². The summed E-state index contributed by atoms with van der Waals surface area (Å²) >= 11 is 0. The Morgan fingerprint density at radius 3 is 2.55 bits per heavy atom. The number of aliphatic hydroxyl groups excluding tert-OH is 1. The highest BCUT2D eigenvalue weighted by Crippen LogP contribution is 2.11. The fourth-order valence-corrected chi connectivity index (χ4v) is 1.04. The second-order valence-corrected chi connectivity index (χ2v) is 2.76. The lowest BCUT2D eigenvalue weighted by Gasteiger charge is -2.19. The largest absolute Gasteiger partial charge is 0.368 e. The van der Waals surface area contributed by atoms with Gasteiger partial charge in [0.1, 0.15) is 0 Å². The van der Waals surface area contributed by atoms with Gasteiger partial charge in [0.05, 0.1) is 0 Å². The van der Waals surface area contributed by atoms with E-state index >= 15 is 0 Å². The predicted octanol–water partition coefficient (Wildman–Crippen LogP) is 0.716. The highest BCUT2D eigenvalue weighted by molar-refractivity contribution is 4.61. The van der Waals surface area contributed by atoms with Crippen LogP contribution in [0.15, 0.2) is 0 Å². The maximum Gasteiger partial charge on any atom is 0.158 e. The van der Waals surface area contributed by atoms with Gasteiger partial charge in [0, 0.05) is 13.0 Å². The summed E-state index contributed by atoms with van der Waals surface area (Å²) in [6.45, 7) is 2.61. The Hall–Kier alpha value is -0.120. The zero-order valence-electron chi connectivity index (χ0n) is 7.42. The minimum Gasteiger partial charge on any atom is -0.368 e. The average Bonchev–Trinajstić information content (AvgIpc) is 2.05. The Labute approximate surface area is 68.5 Å². The van der Waals surface area contributed by atoms with E-state index in [1.54, 1.807) is 0 Å². The molecule has 2 unspecified atom stereocenters. The lowest BCUT2D eigenvalue weighted by molar-refractivity contribution is -0.112. The number of methoxy groups -OCH3 is 1. The van der Waals surface area contributed by atoms with Crippen LogP contribution in [0.5, 0.6) is 0 Å². The molecular formula is C8H19NO2. The molecule has 0 heterocycles. The predicted molar refractivity (Wildman–Crippen MR) is 45.1 cm³/mol. The number of hydrogen-bond donors (Lipinski definition) is 2. The van der Waals surface area contributed by atoms with Crippen LogP contribution in [0.3, 0.4) is 0 Å². The van der Waals surface area contributed by atoms with Gasteiger partial charge in [-0.15, -0.1) is 0 Å². The summed E-state index contributed by atoms with van der Waals surface area (Å²) in [4.78, 5) is 0.